The smallest absolute Gasteiger partial charge is 0.0645 e. The molecule has 3 aromatic rings. The molecule has 2 aromatic carbocycles. The average Bonchev–Trinajstić information content (AvgIpc) is 3.03. The minimum atomic E-state index is 0.821. The van der Waals surface area contributed by atoms with Gasteiger partial charge in [-0.1, -0.05) is 18.2 Å². The van der Waals surface area contributed by atoms with Crippen LogP contribution in [-0.4, -0.2) is 9.78 Å². The highest BCUT2D eigenvalue weighted by atomic mass is 15.3. The Morgan fingerprint density at radius 1 is 1.00 bits per heavy atom. The second kappa shape index (κ2) is 5.83. The van der Waals surface area contributed by atoms with Crippen LogP contribution in [0.4, 0.5) is 5.69 Å². The first-order chi connectivity index (χ1) is 10.2. The van der Waals surface area contributed by atoms with E-state index in [-0.39, 0.29) is 0 Å². The first-order valence-corrected chi connectivity index (χ1v) is 7.12. The van der Waals surface area contributed by atoms with E-state index in [1.807, 2.05) is 16.9 Å². The monoisotopic (exact) mass is 277 g/mol. The summed E-state index contributed by atoms with van der Waals surface area (Å²) in [6.45, 7) is 5.09. The van der Waals surface area contributed by atoms with Crippen LogP contribution in [0.5, 0.6) is 0 Å². The second-order valence-electron chi connectivity index (χ2n) is 5.27. The van der Waals surface area contributed by atoms with Gasteiger partial charge in [0.1, 0.15) is 0 Å². The maximum atomic E-state index is 4.23. The van der Waals surface area contributed by atoms with Crippen LogP contribution >= 0.6 is 0 Å². The fourth-order valence-electron chi connectivity index (χ4n) is 2.24. The Morgan fingerprint density at radius 2 is 1.81 bits per heavy atom. The van der Waals surface area contributed by atoms with Crippen LogP contribution < -0.4 is 5.32 Å². The summed E-state index contributed by atoms with van der Waals surface area (Å²) in [7, 11) is 0. The molecule has 106 valence electrons. The van der Waals surface area contributed by atoms with Crippen molar-refractivity contribution in [3.8, 4) is 5.69 Å². The van der Waals surface area contributed by atoms with Crippen LogP contribution in [0.1, 0.15) is 16.7 Å². The van der Waals surface area contributed by atoms with E-state index in [4.69, 9.17) is 0 Å². The highest BCUT2D eigenvalue weighted by Crippen LogP contribution is 2.16. The maximum absolute atomic E-state index is 4.23. The van der Waals surface area contributed by atoms with Crippen molar-refractivity contribution in [2.75, 3.05) is 5.32 Å². The lowest BCUT2D eigenvalue weighted by atomic mass is 10.1. The maximum Gasteiger partial charge on any atom is 0.0645 e. The number of rotatable bonds is 4. The molecule has 0 bridgehead atoms. The van der Waals surface area contributed by atoms with Crippen LogP contribution in [0.15, 0.2) is 60.9 Å². The lowest BCUT2D eigenvalue weighted by Gasteiger charge is -2.09. The Balaban J connectivity index is 1.66. The quantitative estimate of drug-likeness (QED) is 0.778. The molecule has 1 heterocycles. The highest BCUT2D eigenvalue weighted by molar-refractivity contribution is 5.48. The Morgan fingerprint density at radius 3 is 2.48 bits per heavy atom. The van der Waals surface area contributed by atoms with E-state index < -0.39 is 0 Å². The molecule has 0 unspecified atom stereocenters. The first-order valence-electron chi connectivity index (χ1n) is 7.12. The lowest BCUT2D eigenvalue weighted by molar-refractivity contribution is 0.879. The number of nitrogens with zero attached hydrogens (tertiary/aromatic N) is 2. The predicted molar refractivity (Wildman–Crippen MR) is 86.8 cm³/mol. The molecule has 0 atom stereocenters. The van der Waals surface area contributed by atoms with Crippen molar-refractivity contribution in [1.29, 1.82) is 0 Å². The fourth-order valence-corrected chi connectivity index (χ4v) is 2.24. The van der Waals surface area contributed by atoms with Gasteiger partial charge in [0.25, 0.3) is 0 Å². The predicted octanol–water partition coefficient (Wildman–Crippen LogP) is 4.10. The molecule has 0 saturated heterocycles. The Kier molecular flexibility index (Phi) is 3.73. The molecule has 3 nitrogen and oxygen atoms in total. The normalized spacial score (nSPS) is 10.6. The van der Waals surface area contributed by atoms with Crippen molar-refractivity contribution in [2.24, 2.45) is 0 Å². The molecule has 3 rings (SSSR count). The van der Waals surface area contributed by atoms with Crippen LogP contribution in [0.3, 0.4) is 0 Å². The first kappa shape index (κ1) is 13.4. The van der Waals surface area contributed by atoms with Crippen LogP contribution in [0.2, 0.25) is 0 Å². The molecule has 0 fully saturated rings. The number of benzene rings is 2. The van der Waals surface area contributed by atoms with Crippen LogP contribution in [-0.2, 0) is 6.54 Å². The number of nitrogens with one attached hydrogen (secondary N) is 1. The summed E-state index contributed by atoms with van der Waals surface area (Å²) in [5.74, 6) is 0. The fraction of sp³-hybridized carbons (Fsp3) is 0.167. The molecule has 0 aliphatic heterocycles. The zero-order valence-electron chi connectivity index (χ0n) is 12.4. The van der Waals surface area contributed by atoms with E-state index in [1.54, 1.807) is 6.20 Å². The van der Waals surface area contributed by atoms with Gasteiger partial charge in [0.05, 0.1) is 5.69 Å². The summed E-state index contributed by atoms with van der Waals surface area (Å²) in [6.07, 6.45) is 3.73. The molecule has 0 radical (unpaired) electrons. The van der Waals surface area contributed by atoms with Gasteiger partial charge in [-0.25, -0.2) is 4.68 Å². The van der Waals surface area contributed by atoms with Gasteiger partial charge in [-0.15, -0.1) is 0 Å². The van der Waals surface area contributed by atoms with E-state index in [1.165, 1.54) is 16.7 Å². The van der Waals surface area contributed by atoms with Gasteiger partial charge >= 0.3 is 0 Å². The lowest BCUT2D eigenvalue weighted by Crippen LogP contribution is -2.01. The van der Waals surface area contributed by atoms with Gasteiger partial charge in [-0.05, 0) is 60.9 Å². The number of aryl methyl sites for hydroxylation is 2. The molecule has 1 aromatic heterocycles. The molecular weight excluding hydrogens is 258 g/mol. The van der Waals surface area contributed by atoms with Crippen molar-refractivity contribution in [1.82, 2.24) is 9.78 Å². The molecule has 0 aliphatic carbocycles. The molecule has 0 amide bonds. The third-order valence-electron chi connectivity index (χ3n) is 3.71. The SMILES string of the molecule is Cc1ccc(NCc2ccc(-n3cccn3)cc2)cc1C. The minimum absolute atomic E-state index is 0.821. The molecule has 0 spiro atoms. The number of anilines is 1. The standard InChI is InChI=1S/C18H19N3/c1-14-4-7-17(12-15(14)2)19-13-16-5-8-18(9-6-16)21-11-3-10-20-21/h3-12,19H,13H2,1-2H3. The van der Waals surface area contributed by atoms with Gasteiger partial charge in [-0.2, -0.15) is 5.10 Å². The number of aromatic nitrogens is 2. The second-order valence-corrected chi connectivity index (χ2v) is 5.27. The minimum Gasteiger partial charge on any atom is -0.381 e. The zero-order chi connectivity index (χ0) is 14.7. The topological polar surface area (TPSA) is 29.9 Å². The molecular formula is C18H19N3. The summed E-state index contributed by atoms with van der Waals surface area (Å²) < 4.78 is 1.86. The molecule has 1 N–H and O–H groups in total. The van der Waals surface area contributed by atoms with Gasteiger partial charge in [0, 0.05) is 24.6 Å². The van der Waals surface area contributed by atoms with Crippen molar-refractivity contribution >= 4 is 5.69 Å². The van der Waals surface area contributed by atoms with Gasteiger partial charge in [0.2, 0.25) is 0 Å². The van der Waals surface area contributed by atoms with Crippen molar-refractivity contribution in [2.45, 2.75) is 20.4 Å². The largest absolute Gasteiger partial charge is 0.381 e. The van der Waals surface area contributed by atoms with Crippen LogP contribution in [0.25, 0.3) is 5.69 Å². The molecule has 21 heavy (non-hydrogen) atoms. The van der Waals surface area contributed by atoms with E-state index in [0.717, 1.165) is 17.9 Å². The summed E-state index contributed by atoms with van der Waals surface area (Å²) in [4.78, 5) is 0. The Labute approximate surface area is 125 Å². The van der Waals surface area contributed by atoms with Gasteiger partial charge < -0.3 is 5.32 Å². The Bertz CT molecular complexity index is 713. The van der Waals surface area contributed by atoms with Gasteiger partial charge in [0.15, 0.2) is 0 Å². The third kappa shape index (κ3) is 3.14. The van der Waals surface area contributed by atoms with Crippen LogP contribution in [0, 0.1) is 13.8 Å². The van der Waals surface area contributed by atoms with Crippen molar-refractivity contribution in [3.05, 3.63) is 77.6 Å². The summed E-state index contributed by atoms with van der Waals surface area (Å²) in [5.41, 5.74) is 6.13. The third-order valence-corrected chi connectivity index (χ3v) is 3.71. The van der Waals surface area contributed by atoms with Crippen molar-refractivity contribution in [3.63, 3.8) is 0 Å². The summed E-state index contributed by atoms with van der Waals surface area (Å²) in [6, 6.07) is 16.8. The van der Waals surface area contributed by atoms with E-state index in [9.17, 15) is 0 Å². The van der Waals surface area contributed by atoms with Crippen molar-refractivity contribution < 1.29 is 0 Å². The summed E-state index contributed by atoms with van der Waals surface area (Å²) >= 11 is 0. The van der Waals surface area contributed by atoms with E-state index >= 15 is 0 Å². The summed E-state index contributed by atoms with van der Waals surface area (Å²) in [5, 5.41) is 7.69. The average molecular weight is 277 g/mol. The highest BCUT2D eigenvalue weighted by Gasteiger charge is 1.99. The molecule has 0 saturated carbocycles. The molecule has 0 aliphatic rings. The molecule has 3 heteroatoms. The number of hydrogen-bond donors (Lipinski definition) is 1. The van der Waals surface area contributed by atoms with Gasteiger partial charge in [-0.3, -0.25) is 0 Å². The zero-order valence-corrected chi connectivity index (χ0v) is 12.4. The van der Waals surface area contributed by atoms with E-state index in [2.05, 4.69) is 66.7 Å². The van der Waals surface area contributed by atoms with E-state index in [0.29, 0.717) is 0 Å². The Hall–Kier alpha value is -2.55. The number of hydrogen-bond acceptors (Lipinski definition) is 2.